The van der Waals surface area contributed by atoms with Gasteiger partial charge in [-0.05, 0) is 36.4 Å². The minimum Gasteiger partial charge on any atom is -0.366 e. The second-order valence-electron chi connectivity index (χ2n) is 4.58. The van der Waals surface area contributed by atoms with Crippen molar-refractivity contribution < 1.29 is 4.79 Å². The molecule has 3 N–H and O–H groups in total. The Kier molecular flexibility index (Phi) is 3.74. The van der Waals surface area contributed by atoms with Crippen molar-refractivity contribution in [2.24, 2.45) is 5.73 Å². The molecule has 2 aromatic heterocycles. The molecule has 3 aromatic rings. The molecule has 1 amide bonds. The zero-order valence-electron chi connectivity index (χ0n) is 11.6. The van der Waals surface area contributed by atoms with Gasteiger partial charge in [-0.2, -0.15) is 0 Å². The van der Waals surface area contributed by atoms with Crippen molar-refractivity contribution >= 4 is 17.5 Å². The predicted molar refractivity (Wildman–Crippen MR) is 83.5 cm³/mol. The predicted octanol–water partition coefficient (Wildman–Crippen LogP) is 2.38. The van der Waals surface area contributed by atoms with Gasteiger partial charge in [0.05, 0.1) is 5.69 Å². The Morgan fingerprint density at radius 2 is 2.00 bits per heavy atom. The van der Waals surface area contributed by atoms with Crippen LogP contribution in [0.1, 0.15) is 10.4 Å². The minimum atomic E-state index is -0.478. The Labute approximate surface area is 127 Å². The van der Waals surface area contributed by atoms with Crippen LogP contribution < -0.4 is 11.1 Å². The number of benzene rings is 1. The van der Waals surface area contributed by atoms with Crippen LogP contribution in [0, 0.1) is 0 Å². The van der Waals surface area contributed by atoms with Gasteiger partial charge >= 0.3 is 0 Å². The normalized spacial score (nSPS) is 10.2. The van der Waals surface area contributed by atoms with Crippen molar-refractivity contribution in [1.29, 1.82) is 0 Å². The molecule has 0 saturated carbocycles. The Morgan fingerprint density at radius 1 is 1.09 bits per heavy atom. The maximum absolute atomic E-state index is 11.2. The fraction of sp³-hybridized carbons (Fsp3) is 0. The molecule has 0 spiro atoms. The Balaban J connectivity index is 1.87. The number of aromatic nitrogens is 3. The summed E-state index contributed by atoms with van der Waals surface area (Å²) in [7, 11) is 0. The van der Waals surface area contributed by atoms with Crippen LogP contribution in [0.2, 0.25) is 0 Å². The highest BCUT2D eigenvalue weighted by Gasteiger charge is 2.05. The standard InChI is InChI=1S/C16H13N5O/c17-15(22)11-3-1-5-13(9-11)20-16-19-8-6-14(21-16)12-4-2-7-18-10-12/h1-10H,(H2,17,22)(H,19,20,21). The highest BCUT2D eigenvalue weighted by molar-refractivity contribution is 5.93. The van der Waals surface area contributed by atoms with Gasteiger partial charge in [-0.15, -0.1) is 0 Å². The van der Waals surface area contributed by atoms with Crippen LogP contribution >= 0.6 is 0 Å². The van der Waals surface area contributed by atoms with Gasteiger partial charge in [0.25, 0.3) is 0 Å². The summed E-state index contributed by atoms with van der Waals surface area (Å²) in [6.07, 6.45) is 5.11. The Morgan fingerprint density at radius 3 is 2.77 bits per heavy atom. The number of nitrogens with one attached hydrogen (secondary N) is 1. The third-order valence-corrected chi connectivity index (χ3v) is 3.02. The van der Waals surface area contributed by atoms with Crippen LogP contribution in [0.3, 0.4) is 0 Å². The highest BCUT2D eigenvalue weighted by atomic mass is 16.1. The van der Waals surface area contributed by atoms with Crippen LogP contribution in [0.25, 0.3) is 11.3 Å². The molecule has 108 valence electrons. The largest absolute Gasteiger partial charge is 0.366 e. The van der Waals surface area contributed by atoms with Gasteiger partial charge in [-0.1, -0.05) is 6.07 Å². The number of hydrogen-bond donors (Lipinski definition) is 2. The maximum Gasteiger partial charge on any atom is 0.248 e. The summed E-state index contributed by atoms with van der Waals surface area (Å²) in [5, 5.41) is 3.06. The van der Waals surface area contributed by atoms with E-state index in [1.54, 1.807) is 36.8 Å². The van der Waals surface area contributed by atoms with Crippen molar-refractivity contribution in [2.45, 2.75) is 0 Å². The molecule has 0 radical (unpaired) electrons. The van der Waals surface area contributed by atoms with E-state index in [-0.39, 0.29) is 0 Å². The summed E-state index contributed by atoms with van der Waals surface area (Å²) in [6.45, 7) is 0. The lowest BCUT2D eigenvalue weighted by molar-refractivity contribution is 0.100. The lowest BCUT2D eigenvalue weighted by atomic mass is 10.2. The number of nitrogens with two attached hydrogens (primary N) is 1. The van der Waals surface area contributed by atoms with E-state index in [1.165, 1.54) is 0 Å². The van der Waals surface area contributed by atoms with Gasteiger partial charge in [-0.25, -0.2) is 9.97 Å². The molecule has 0 bridgehead atoms. The van der Waals surface area contributed by atoms with E-state index in [9.17, 15) is 4.79 Å². The number of amides is 1. The molecule has 0 unspecified atom stereocenters. The van der Waals surface area contributed by atoms with E-state index in [2.05, 4.69) is 20.3 Å². The van der Waals surface area contributed by atoms with Crippen LogP contribution in [-0.4, -0.2) is 20.9 Å². The third-order valence-electron chi connectivity index (χ3n) is 3.02. The summed E-state index contributed by atoms with van der Waals surface area (Å²) in [6, 6.07) is 12.4. The molecular weight excluding hydrogens is 278 g/mol. The van der Waals surface area contributed by atoms with E-state index < -0.39 is 5.91 Å². The number of carbonyl (C=O) groups excluding carboxylic acids is 1. The molecule has 0 saturated heterocycles. The molecule has 0 aliphatic heterocycles. The molecule has 6 nitrogen and oxygen atoms in total. The molecule has 3 rings (SSSR count). The van der Waals surface area contributed by atoms with Crippen molar-refractivity contribution in [2.75, 3.05) is 5.32 Å². The third kappa shape index (κ3) is 3.06. The zero-order valence-corrected chi connectivity index (χ0v) is 11.6. The van der Waals surface area contributed by atoms with Crippen molar-refractivity contribution in [3.63, 3.8) is 0 Å². The van der Waals surface area contributed by atoms with Crippen LogP contribution in [0.5, 0.6) is 0 Å². The molecular formula is C16H13N5O. The smallest absolute Gasteiger partial charge is 0.248 e. The molecule has 6 heteroatoms. The fourth-order valence-electron chi connectivity index (χ4n) is 1.97. The molecule has 0 aliphatic carbocycles. The van der Waals surface area contributed by atoms with Crippen molar-refractivity contribution in [3.8, 4) is 11.3 Å². The number of rotatable bonds is 4. The average Bonchev–Trinajstić information content (AvgIpc) is 2.56. The summed E-state index contributed by atoms with van der Waals surface area (Å²) < 4.78 is 0. The van der Waals surface area contributed by atoms with Gasteiger partial charge in [-0.3, -0.25) is 9.78 Å². The summed E-state index contributed by atoms with van der Waals surface area (Å²) in [5.41, 5.74) is 8.05. The molecule has 0 fully saturated rings. The molecule has 0 aliphatic rings. The van der Waals surface area contributed by atoms with E-state index in [4.69, 9.17) is 5.73 Å². The second-order valence-corrected chi connectivity index (χ2v) is 4.58. The van der Waals surface area contributed by atoms with E-state index >= 15 is 0 Å². The highest BCUT2D eigenvalue weighted by Crippen LogP contribution is 2.19. The van der Waals surface area contributed by atoms with E-state index in [0.29, 0.717) is 17.2 Å². The first-order chi connectivity index (χ1) is 10.7. The first-order valence-electron chi connectivity index (χ1n) is 6.63. The lowest BCUT2D eigenvalue weighted by Gasteiger charge is -2.07. The second kappa shape index (κ2) is 6.01. The number of hydrogen-bond acceptors (Lipinski definition) is 5. The Bertz CT molecular complexity index is 804. The SMILES string of the molecule is NC(=O)c1cccc(Nc2nccc(-c3cccnc3)n2)c1. The van der Waals surface area contributed by atoms with Gasteiger partial charge in [0.15, 0.2) is 0 Å². The van der Waals surface area contributed by atoms with Crippen LogP contribution in [0.15, 0.2) is 61.1 Å². The minimum absolute atomic E-state index is 0.424. The number of anilines is 2. The first-order valence-corrected chi connectivity index (χ1v) is 6.63. The summed E-state index contributed by atoms with van der Waals surface area (Å²) in [4.78, 5) is 23.9. The zero-order chi connectivity index (χ0) is 15.4. The van der Waals surface area contributed by atoms with Crippen molar-refractivity contribution in [3.05, 3.63) is 66.6 Å². The van der Waals surface area contributed by atoms with Gasteiger partial charge in [0.2, 0.25) is 11.9 Å². The van der Waals surface area contributed by atoms with Gasteiger partial charge in [0.1, 0.15) is 0 Å². The topological polar surface area (TPSA) is 93.8 Å². The van der Waals surface area contributed by atoms with Gasteiger partial charge in [0, 0.05) is 35.4 Å². The maximum atomic E-state index is 11.2. The van der Waals surface area contributed by atoms with Crippen molar-refractivity contribution in [1.82, 2.24) is 15.0 Å². The molecule has 1 aromatic carbocycles. The number of nitrogens with zero attached hydrogens (tertiary/aromatic N) is 3. The quantitative estimate of drug-likeness (QED) is 0.769. The summed E-state index contributed by atoms with van der Waals surface area (Å²) >= 11 is 0. The lowest BCUT2D eigenvalue weighted by Crippen LogP contribution is -2.11. The van der Waals surface area contributed by atoms with Gasteiger partial charge < -0.3 is 11.1 Å². The Hall–Kier alpha value is -3.28. The average molecular weight is 291 g/mol. The molecule has 0 atom stereocenters. The summed E-state index contributed by atoms with van der Waals surface area (Å²) in [5.74, 6) is -0.0448. The van der Waals surface area contributed by atoms with E-state index in [0.717, 1.165) is 11.3 Å². The first kappa shape index (κ1) is 13.7. The van der Waals surface area contributed by atoms with Crippen LogP contribution in [-0.2, 0) is 0 Å². The monoisotopic (exact) mass is 291 g/mol. The fourth-order valence-corrected chi connectivity index (χ4v) is 1.97. The molecule has 22 heavy (non-hydrogen) atoms. The van der Waals surface area contributed by atoms with E-state index in [1.807, 2.05) is 24.3 Å². The van der Waals surface area contributed by atoms with Crippen LogP contribution in [0.4, 0.5) is 11.6 Å². The number of pyridine rings is 1. The number of carbonyl (C=O) groups is 1. The number of primary amides is 1. The molecule has 2 heterocycles.